The van der Waals surface area contributed by atoms with Gasteiger partial charge in [-0.05, 0) is 36.4 Å². The van der Waals surface area contributed by atoms with Crippen LogP contribution in [0.25, 0.3) is 0 Å². The first-order valence-corrected chi connectivity index (χ1v) is 5.91. The van der Waals surface area contributed by atoms with Gasteiger partial charge in [-0.2, -0.15) is 0 Å². The van der Waals surface area contributed by atoms with Crippen molar-refractivity contribution in [3.63, 3.8) is 0 Å². The van der Waals surface area contributed by atoms with Gasteiger partial charge in [0.25, 0.3) is 0 Å². The Morgan fingerprint density at radius 2 is 2.27 bits per heavy atom. The average molecular weight is 218 g/mol. The van der Waals surface area contributed by atoms with Gasteiger partial charge in [0.1, 0.15) is 5.82 Å². The second-order valence-electron chi connectivity index (χ2n) is 3.48. The molecular weight excluding hydrogens is 204 g/mol. The SMILES string of the molecule is Cc1ccc(NCCc2cccs2)nc1. The smallest absolute Gasteiger partial charge is 0.125 e. The molecule has 2 aromatic heterocycles. The highest BCUT2D eigenvalue weighted by Gasteiger charge is 1.95. The molecule has 0 aromatic carbocycles. The summed E-state index contributed by atoms with van der Waals surface area (Å²) < 4.78 is 0. The van der Waals surface area contributed by atoms with Gasteiger partial charge in [0.05, 0.1) is 0 Å². The Morgan fingerprint density at radius 1 is 1.33 bits per heavy atom. The third-order valence-corrected chi connectivity index (χ3v) is 3.11. The van der Waals surface area contributed by atoms with E-state index < -0.39 is 0 Å². The van der Waals surface area contributed by atoms with Crippen LogP contribution in [-0.4, -0.2) is 11.5 Å². The van der Waals surface area contributed by atoms with Crippen molar-refractivity contribution in [2.24, 2.45) is 0 Å². The molecule has 15 heavy (non-hydrogen) atoms. The summed E-state index contributed by atoms with van der Waals surface area (Å²) in [7, 11) is 0. The molecule has 2 nitrogen and oxygen atoms in total. The minimum Gasteiger partial charge on any atom is -0.370 e. The van der Waals surface area contributed by atoms with E-state index in [0.29, 0.717) is 0 Å². The molecular formula is C12H14N2S. The van der Waals surface area contributed by atoms with Crippen molar-refractivity contribution in [3.05, 3.63) is 46.3 Å². The lowest BCUT2D eigenvalue weighted by molar-refractivity contribution is 1.03. The van der Waals surface area contributed by atoms with Gasteiger partial charge in [0.15, 0.2) is 0 Å². The number of pyridine rings is 1. The van der Waals surface area contributed by atoms with E-state index in [2.05, 4.69) is 33.9 Å². The van der Waals surface area contributed by atoms with Gasteiger partial charge in [0.2, 0.25) is 0 Å². The van der Waals surface area contributed by atoms with E-state index in [1.807, 2.05) is 19.2 Å². The van der Waals surface area contributed by atoms with Crippen LogP contribution in [0.2, 0.25) is 0 Å². The van der Waals surface area contributed by atoms with Crippen LogP contribution in [0.15, 0.2) is 35.8 Å². The molecule has 0 bridgehead atoms. The van der Waals surface area contributed by atoms with E-state index in [-0.39, 0.29) is 0 Å². The lowest BCUT2D eigenvalue weighted by Crippen LogP contribution is -2.05. The molecule has 0 radical (unpaired) electrons. The van der Waals surface area contributed by atoms with Crippen LogP contribution >= 0.6 is 11.3 Å². The van der Waals surface area contributed by atoms with Crippen molar-refractivity contribution in [3.8, 4) is 0 Å². The van der Waals surface area contributed by atoms with Crippen molar-refractivity contribution in [2.75, 3.05) is 11.9 Å². The number of nitrogens with one attached hydrogen (secondary N) is 1. The number of aryl methyl sites for hydroxylation is 1. The normalized spacial score (nSPS) is 10.2. The molecule has 2 rings (SSSR count). The van der Waals surface area contributed by atoms with Gasteiger partial charge in [-0.25, -0.2) is 4.98 Å². The van der Waals surface area contributed by atoms with E-state index in [0.717, 1.165) is 18.8 Å². The van der Waals surface area contributed by atoms with Crippen molar-refractivity contribution >= 4 is 17.2 Å². The van der Waals surface area contributed by atoms with Crippen molar-refractivity contribution < 1.29 is 0 Å². The second kappa shape index (κ2) is 4.94. The number of hydrogen-bond donors (Lipinski definition) is 1. The lowest BCUT2D eigenvalue weighted by Gasteiger charge is -2.04. The summed E-state index contributed by atoms with van der Waals surface area (Å²) >= 11 is 1.80. The van der Waals surface area contributed by atoms with E-state index in [4.69, 9.17) is 0 Å². The van der Waals surface area contributed by atoms with Gasteiger partial charge in [-0.15, -0.1) is 11.3 Å². The Balaban J connectivity index is 1.81. The lowest BCUT2D eigenvalue weighted by atomic mass is 10.3. The minimum atomic E-state index is 0.941. The first-order valence-electron chi connectivity index (χ1n) is 5.03. The molecule has 1 N–H and O–H groups in total. The molecule has 0 unspecified atom stereocenters. The monoisotopic (exact) mass is 218 g/mol. The third kappa shape index (κ3) is 3.06. The van der Waals surface area contributed by atoms with E-state index in [1.54, 1.807) is 11.3 Å². The maximum absolute atomic E-state index is 4.29. The Bertz CT molecular complexity index is 392. The maximum atomic E-state index is 4.29. The first-order chi connectivity index (χ1) is 7.34. The van der Waals surface area contributed by atoms with Crippen LogP contribution in [0.4, 0.5) is 5.82 Å². The predicted molar refractivity (Wildman–Crippen MR) is 65.5 cm³/mol. The van der Waals surface area contributed by atoms with Crippen molar-refractivity contribution in [1.82, 2.24) is 4.98 Å². The van der Waals surface area contributed by atoms with Crippen LogP contribution in [0, 0.1) is 6.92 Å². The van der Waals surface area contributed by atoms with Crippen LogP contribution in [-0.2, 0) is 6.42 Å². The number of nitrogens with zero attached hydrogens (tertiary/aromatic N) is 1. The molecule has 78 valence electrons. The Labute approximate surface area is 94.0 Å². The first kappa shape index (κ1) is 10.2. The predicted octanol–water partition coefficient (Wildman–Crippen LogP) is 3.11. The fraction of sp³-hybridized carbons (Fsp3) is 0.250. The summed E-state index contributed by atoms with van der Waals surface area (Å²) in [5.74, 6) is 0.956. The highest BCUT2D eigenvalue weighted by atomic mass is 32.1. The summed E-state index contributed by atoms with van der Waals surface area (Å²) in [6, 6.07) is 8.34. The van der Waals surface area contributed by atoms with Gasteiger partial charge in [0, 0.05) is 17.6 Å². The highest BCUT2D eigenvalue weighted by Crippen LogP contribution is 2.09. The summed E-state index contributed by atoms with van der Waals surface area (Å²) in [5.41, 5.74) is 1.19. The largest absolute Gasteiger partial charge is 0.370 e. The molecule has 2 aromatic rings. The number of hydrogen-bond acceptors (Lipinski definition) is 3. The van der Waals surface area contributed by atoms with E-state index in [9.17, 15) is 0 Å². The summed E-state index contributed by atoms with van der Waals surface area (Å²) in [6.07, 6.45) is 2.95. The quantitative estimate of drug-likeness (QED) is 0.853. The Morgan fingerprint density at radius 3 is 2.93 bits per heavy atom. The maximum Gasteiger partial charge on any atom is 0.125 e. The Hall–Kier alpha value is -1.35. The number of aromatic nitrogens is 1. The third-order valence-electron chi connectivity index (χ3n) is 2.17. The molecule has 0 aliphatic carbocycles. The molecule has 3 heteroatoms. The Kier molecular flexibility index (Phi) is 3.35. The van der Waals surface area contributed by atoms with E-state index in [1.165, 1.54) is 10.4 Å². The minimum absolute atomic E-state index is 0.941. The van der Waals surface area contributed by atoms with Gasteiger partial charge >= 0.3 is 0 Å². The zero-order chi connectivity index (χ0) is 10.5. The topological polar surface area (TPSA) is 24.9 Å². The van der Waals surface area contributed by atoms with Crippen molar-refractivity contribution in [1.29, 1.82) is 0 Å². The summed E-state index contributed by atoms with van der Waals surface area (Å²) in [5, 5.41) is 5.42. The molecule has 2 heterocycles. The summed E-state index contributed by atoms with van der Waals surface area (Å²) in [4.78, 5) is 5.70. The van der Waals surface area contributed by atoms with Gasteiger partial charge in [-0.3, -0.25) is 0 Å². The second-order valence-corrected chi connectivity index (χ2v) is 4.51. The van der Waals surface area contributed by atoms with Gasteiger partial charge < -0.3 is 5.32 Å². The van der Waals surface area contributed by atoms with Crippen LogP contribution in [0.3, 0.4) is 0 Å². The van der Waals surface area contributed by atoms with Gasteiger partial charge in [-0.1, -0.05) is 12.1 Å². The molecule has 0 saturated heterocycles. The van der Waals surface area contributed by atoms with Crippen LogP contribution < -0.4 is 5.32 Å². The molecule has 0 amide bonds. The average Bonchev–Trinajstić information content (AvgIpc) is 2.74. The number of anilines is 1. The molecule has 0 fully saturated rings. The zero-order valence-corrected chi connectivity index (χ0v) is 9.55. The molecule has 0 aliphatic rings. The number of thiophene rings is 1. The summed E-state index contributed by atoms with van der Waals surface area (Å²) in [6.45, 7) is 2.99. The standard InChI is InChI=1S/C12H14N2S/c1-10-4-5-12(14-9-10)13-7-6-11-3-2-8-15-11/h2-5,8-9H,6-7H2,1H3,(H,13,14). The fourth-order valence-electron chi connectivity index (χ4n) is 1.34. The molecule has 0 spiro atoms. The zero-order valence-electron chi connectivity index (χ0n) is 8.73. The molecule has 0 aliphatic heterocycles. The number of rotatable bonds is 4. The molecule has 0 saturated carbocycles. The van der Waals surface area contributed by atoms with Crippen LogP contribution in [0.1, 0.15) is 10.4 Å². The highest BCUT2D eigenvalue weighted by molar-refractivity contribution is 7.09. The van der Waals surface area contributed by atoms with E-state index >= 15 is 0 Å². The van der Waals surface area contributed by atoms with Crippen molar-refractivity contribution in [2.45, 2.75) is 13.3 Å². The fourth-order valence-corrected chi connectivity index (χ4v) is 2.05. The molecule has 0 atom stereocenters. The van der Waals surface area contributed by atoms with Crippen LogP contribution in [0.5, 0.6) is 0 Å².